The van der Waals surface area contributed by atoms with Gasteiger partial charge in [-0.25, -0.2) is 0 Å². The molecule has 0 radical (unpaired) electrons. The first-order valence-electron chi connectivity index (χ1n) is 3.19. The molecule has 0 fully saturated rings. The van der Waals surface area contributed by atoms with E-state index in [1.807, 2.05) is 13.0 Å². The second-order valence-electron chi connectivity index (χ2n) is 2.04. The van der Waals surface area contributed by atoms with Gasteiger partial charge in [-0.1, -0.05) is 37.8 Å². The van der Waals surface area contributed by atoms with E-state index in [0.717, 1.165) is 6.42 Å². The van der Waals surface area contributed by atoms with Gasteiger partial charge in [-0.2, -0.15) is 0 Å². The standard InChI is InChI=1S/C9H14/c1-5-7-9(4)8(3)6-2/h5,7H,1,3,6H2,2,4H3. The minimum atomic E-state index is 1.02. The zero-order chi connectivity index (χ0) is 7.28. The fourth-order valence-corrected chi connectivity index (χ4v) is 0.573. The van der Waals surface area contributed by atoms with Gasteiger partial charge in [0.25, 0.3) is 0 Å². The van der Waals surface area contributed by atoms with Crippen LogP contribution in [-0.4, -0.2) is 0 Å². The van der Waals surface area contributed by atoms with E-state index in [2.05, 4.69) is 20.1 Å². The van der Waals surface area contributed by atoms with E-state index in [9.17, 15) is 0 Å². The maximum atomic E-state index is 3.88. The third-order valence-corrected chi connectivity index (χ3v) is 1.35. The van der Waals surface area contributed by atoms with Gasteiger partial charge in [0.15, 0.2) is 0 Å². The first kappa shape index (κ1) is 8.22. The molecule has 0 heterocycles. The summed E-state index contributed by atoms with van der Waals surface area (Å²) in [5.41, 5.74) is 2.42. The molecule has 0 aromatic rings. The average Bonchev–Trinajstić information content (AvgIpc) is 1.87. The highest BCUT2D eigenvalue weighted by Gasteiger charge is 1.88. The first-order chi connectivity index (χ1) is 4.22. The second-order valence-corrected chi connectivity index (χ2v) is 2.04. The zero-order valence-corrected chi connectivity index (χ0v) is 6.28. The molecule has 0 amide bonds. The van der Waals surface area contributed by atoms with Crippen LogP contribution in [0.2, 0.25) is 0 Å². The van der Waals surface area contributed by atoms with Crippen molar-refractivity contribution in [3.63, 3.8) is 0 Å². The summed E-state index contributed by atoms with van der Waals surface area (Å²) >= 11 is 0. The molecule has 0 saturated carbocycles. The van der Waals surface area contributed by atoms with Crippen LogP contribution >= 0.6 is 0 Å². The van der Waals surface area contributed by atoms with Crippen LogP contribution in [0.5, 0.6) is 0 Å². The van der Waals surface area contributed by atoms with Gasteiger partial charge in [-0.3, -0.25) is 0 Å². The van der Waals surface area contributed by atoms with Crippen molar-refractivity contribution >= 4 is 0 Å². The summed E-state index contributed by atoms with van der Waals surface area (Å²) in [4.78, 5) is 0. The summed E-state index contributed by atoms with van der Waals surface area (Å²) in [6.07, 6.45) is 4.79. The van der Waals surface area contributed by atoms with Gasteiger partial charge in [-0.15, -0.1) is 0 Å². The van der Waals surface area contributed by atoms with Crippen LogP contribution in [0.3, 0.4) is 0 Å². The van der Waals surface area contributed by atoms with Gasteiger partial charge >= 0.3 is 0 Å². The first-order valence-corrected chi connectivity index (χ1v) is 3.19. The molecule has 0 aliphatic carbocycles. The van der Waals surface area contributed by atoms with Crippen LogP contribution in [0.25, 0.3) is 0 Å². The maximum Gasteiger partial charge on any atom is -0.0311 e. The van der Waals surface area contributed by atoms with Crippen LogP contribution in [0.4, 0.5) is 0 Å². The molecule has 0 aliphatic heterocycles. The van der Waals surface area contributed by atoms with E-state index < -0.39 is 0 Å². The highest BCUT2D eigenvalue weighted by molar-refractivity contribution is 5.28. The Balaban J connectivity index is 4.01. The summed E-state index contributed by atoms with van der Waals surface area (Å²) in [5.74, 6) is 0. The number of rotatable bonds is 3. The summed E-state index contributed by atoms with van der Waals surface area (Å²) in [6.45, 7) is 11.6. The summed E-state index contributed by atoms with van der Waals surface area (Å²) in [5, 5.41) is 0. The summed E-state index contributed by atoms with van der Waals surface area (Å²) in [6, 6.07) is 0. The second kappa shape index (κ2) is 4.13. The van der Waals surface area contributed by atoms with E-state index in [1.165, 1.54) is 11.1 Å². The van der Waals surface area contributed by atoms with Crippen molar-refractivity contribution in [3.05, 3.63) is 36.5 Å². The number of hydrogen-bond donors (Lipinski definition) is 0. The minimum absolute atomic E-state index is 1.02. The molecule has 0 bridgehead atoms. The Bertz CT molecular complexity index is 138. The topological polar surface area (TPSA) is 0 Å². The molecule has 0 aromatic carbocycles. The molecule has 0 atom stereocenters. The Hall–Kier alpha value is -0.780. The monoisotopic (exact) mass is 122 g/mol. The van der Waals surface area contributed by atoms with Gasteiger partial charge in [0.2, 0.25) is 0 Å². The fraction of sp³-hybridized carbons (Fsp3) is 0.333. The molecule has 0 spiro atoms. The highest BCUT2D eigenvalue weighted by atomic mass is 13.9. The van der Waals surface area contributed by atoms with E-state index in [4.69, 9.17) is 0 Å². The van der Waals surface area contributed by atoms with Crippen molar-refractivity contribution in [1.82, 2.24) is 0 Å². The zero-order valence-electron chi connectivity index (χ0n) is 6.28. The molecule has 0 rings (SSSR count). The van der Waals surface area contributed by atoms with Crippen LogP contribution in [0.15, 0.2) is 36.5 Å². The van der Waals surface area contributed by atoms with Crippen molar-refractivity contribution in [2.75, 3.05) is 0 Å². The van der Waals surface area contributed by atoms with Crippen molar-refractivity contribution in [2.45, 2.75) is 20.3 Å². The van der Waals surface area contributed by atoms with Crippen molar-refractivity contribution in [2.24, 2.45) is 0 Å². The van der Waals surface area contributed by atoms with Crippen LogP contribution < -0.4 is 0 Å². The van der Waals surface area contributed by atoms with E-state index >= 15 is 0 Å². The quantitative estimate of drug-likeness (QED) is 0.504. The van der Waals surface area contributed by atoms with Gasteiger partial charge < -0.3 is 0 Å². The van der Waals surface area contributed by atoms with Crippen molar-refractivity contribution in [1.29, 1.82) is 0 Å². The molecule has 50 valence electrons. The van der Waals surface area contributed by atoms with Crippen LogP contribution in [0.1, 0.15) is 20.3 Å². The Morgan fingerprint density at radius 3 is 2.44 bits per heavy atom. The molecule has 0 nitrogen and oxygen atoms in total. The number of hydrogen-bond acceptors (Lipinski definition) is 0. The smallest absolute Gasteiger partial charge is 0.0311 e. The summed E-state index contributed by atoms with van der Waals surface area (Å²) < 4.78 is 0. The van der Waals surface area contributed by atoms with E-state index in [-0.39, 0.29) is 0 Å². The predicted octanol–water partition coefficient (Wildman–Crippen LogP) is 3.08. The van der Waals surface area contributed by atoms with E-state index in [1.54, 1.807) is 6.08 Å². The third-order valence-electron chi connectivity index (χ3n) is 1.35. The minimum Gasteiger partial charge on any atom is -0.0991 e. The average molecular weight is 122 g/mol. The van der Waals surface area contributed by atoms with Crippen molar-refractivity contribution in [3.8, 4) is 0 Å². The highest BCUT2D eigenvalue weighted by Crippen LogP contribution is 2.09. The molecule has 9 heavy (non-hydrogen) atoms. The Morgan fingerprint density at radius 2 is 2.11 bits per heavy atom. The lowest BCUT2D eigenvalue weighted by Crippen LogP contribution is -1.78. The normalized spacial score (nSPS) is 11.1. The fourth-order valence-electron chi connectivity index (χ4n) is 0.573. The summed E-state index contributed by atoms with van der Waals surface area (Å²) in [7, 11) is 0. The Kier molecular flexibility index (Phi) is 3.78. The third kappa shape index (κ3) is 2.91. The van der Waals surface area contributed by atoms with Gasteiger partial charge in [0.05, 0.1) is 0 Å². The van der Waals surface area contributed by atoms with Gasteiger partial charge in [0, 0.05) is 0 Å². The van der Waals surface area contributed by atoms with Gasteiger partial charge in [-0.05, 0) is 18.9 Å². The lowest BCUT2D eigenvalue weighted by molar-refractivity contribution is 1.11. The van der Waals surface area contributed by atoms with Gasteiger partial charge in [0.1, 0.15) is 0 Å². The van der Waals surface area contributed by atoms with Crippen LogP contribution in [0, 0.1) is 0 Å². The molecule has 0 heteroatoms. The lowest BCUT2D eigenvalue weighted by atomic mass is 10.1. The van der Waals surface area contributed by atoms with Crippen LogP contribution in [-0.2, 0) is 0 Å². The molecular weight excluding hydrogens is 108 g/mol. The number of allylic oxidation sites excluding steroid dienone is 4. The molecular formula is C9H14. The maximum absolute atomic E-state index is 3.88. The largest absolute Gasteiger partial charge is 0.0991 e. The molecule has 0 N–H and O–H groups in total. The predicted molar refractivity (Wildman–Crippen MR) is 43.4 cm³/mol. The lowest BCUT2D eigenvalue weighted by Gasteiger charge is -1.98. The Morgan fingerprint density at radius 1 is 1.56 bits per heavy atom. The molecule has 0 aromatic heterocycles. The van der Waals surface area contributed by atoms with Crippen molar-refractivity contribution < 1.29 is 0 Å². The molecule has 0 aliphatic rings. The Labute approximate surface area is 57.6 Å². The SMILES string of the molecule is C=CC=C(C)C(=C)CC. The van der Waals surface area contributed by atoms with E-state index in [0.29, 0.717) is 0 Å². The molecule has 0 unspecified atom stereocenters. The molecule has 0 saturated heterocycles.